The molecule has 2 aromatic heterocycles. The number of nitrogens with zero attached hydrogens (tertiary/aromatic N) is 4. The van der Waals surface area contributed by atoms with E-state index in [2.05, 4.69) is 20.6 Å². The third-order valence-corrected chi connectivity index (χ3v) is 3.53. The highest BCUT2D eigenvalue weighted by Gasteiger charge is 2.07. The first-order valence-corrected chi connectivity index (χ1v) is 8.05. The fourth-order valence-corrected chi connectivity index (χ4v) is 2.21. The van der Waals surface area contributed by atoms with Gasteiger partial charge in [0, 0.05) is 6.20 Å². The van der Waals surface area contributed by atoms with Gasteiger partial charge in [-0.15, -0.1) is 5.10 Å². The molecule has 8 heteroatoms. The van der Waals surface area contributed by atoms with Crippen molar-refractivity contribution in [1.82, 2.24) is 25.3 Å². The number of methoxy groups -OCH3 is 1. The van der Waals surface area contributed by atoms with Crippen LogP contribution in [-0.4, -0.2) is 33.0 Å². The van der Waals surface area contributed by atoms with Crippen molar-refractivity contribution in [3.05, 3.63) is 66.2 Å². The second kappa shape index (κ2) is 8.61. The highest BCUT2D eigenvalue weighted by atomic mass is 16.5. The van der Waals surface area contributed by atoms with E-state index in [1.165, 1.54) is 4.68 Å². The number of pyridine rings is 1. The molecular weight excluding hydrogens is 334 g/mol. The fourth-order valence-electron chi connectivity index (χ4n) is 2.21. The summed E-state index contributed by atoms with van der Waals surface area (Å²) < 4.78 is 12.2. The Morgan fingerprint density at radius 3 is 2.65 bits per heavy atom. The first kappa shape index (κ1) is 17.4. The Hall–Kier alpha value is -3.42. The molecule has 3 aromatic rings. The zero-order valence-corrected chi connectivity index (χ0v) is 14.3. The second-order valence-electron chi connectivity index (χ2n) is 5.47. The van der Waals surface area contributed by atoms with Crippen LogP contribution in [0.1, 0.15) is 11.4 Å². The van der Waals surface area contributed by atoms with E-state index in [4.69, 9.17) is 9.47 Å². The van der Waals surface area contributed by atoms with Crippen molar-refractivity contribution >= 4 is 5.91 Å². The fraction of sp³-hybridized carbons (Fsp3) is 0.222. The molecule has 0 spiro atoms. The number of benzene rings is 1. The lowest BCUT2D eigenvalue weighted by molar-refractivity contribution is -0.122. The number of ether oxygens (including phenoxy) is 2. The standard InChI is InChI=1S/C18H19N5O3/c1-25-16-5-7-17(8-6-16)26-13-15-11-23(22-21-15)12-18(24)20-10-14-4-2-3-9-19-14/h2-9,11H,10,12-13H2,1H3,(H,20,24). The molecule has 0 unspecified atom stereocenters. The molecular formula is C18H19N5O3. The van der Waals surface area contributed by atoms with Crippen LogP contribution in [0.3, 0.4) is 0 Å². The molecule has 3 rings (SSSR count). The van der Waals surface area contributed by atoms with Crippen LogP contribution in [0.15, 0.2) is 54.9 Å². The normalized spacial score (nSPS) is 10.3. The summed E-state index contributed by atoms with van der Waals surface area (Å²) in [6.45, 7) is 0.728. The van der Waals surface area contributed by atoms with E-state index in [9.17, 15) is 4.79 Å². The number of aromatic nitrogens is 4. The van der Waals surface area contributed by atoms with Crippen LogP contribution in [0.4, 0.5) is 0 Å². The van der Waals surface area contributed by atoms with Crippen molar-refractivity contribution < 1.29 is 14.3 Å². The van der Waals surface area contributed by atoms with Gasteiger partial charge in [-0.1, -0.05) is 11.3 Å². The summed E-state index contributed by atoms with van der Waals surface area (Å²) in [4.78, 5) is 16.1. The van der Waals surface area contributed by atoms with Crippen LogP contribution in [0.5, 0.6) is 11.5 Å². The summed E-state index contributed by atoms with van der Waals surface area (Å²) in [5.74, 6) is 1.30. The van der Waals surface area contributed by atoms with Crippen molar-refractivity contribution in [3.8, 4) is 11.5 Å². The topological polar surface area (TPSA) is 91.2 Å². The molecule has 0 atom stereocenters. The van der Waals surface area contributed by atoms with E-state index >= 15 is 0 Å². The van der Waals surface area contributed by atoms with Gasteiger partial charge < -0.3 is 14.8 Å². The molecule has 0 saturated carbocycles. The molecule has 0 fully saturated rings. The molecule has 1 aromatic carbocycles. The number of carbonyl (C=O) groups is 1. The van der Waals surface area contributed by atoms with Gasteiger partial charge in [-0.05, 0) is 36.4 Å². The predicted octanol–water partition coefficient (Wildman–Crippen LogP) is 1.58. The third kappa shape index (κ3) is 5.04. The summed E-state index contributed by atoms with van der Waals surface area (Å²) in [5.41, 5.74) is 1.44. The minimum Gasteiger partial charge on any atom is -0.497 e. The molecule has 0 aliphatic carbocycles. The summed E-state index contributed by atoms with van der Waals surface area (Å²) in [6.07, 6.45) is 3.37. The quantitative estimate of drug-likeness (QED) is 0.661. The van der Waals surface area contributed by atoms with Crippen LogP contribution >= 0.6 is 0 Å². The van der Waals surface area contributed by atoms with Crippen LogP contribution in [0.2, 0.25) is 0 Å². The molecule has 134 valence electrons. The molecule has 1 amide bonds. The SMILES string of the molecule is COc1ccc(OCc2cn(CC(=O)NCc3ccccn3)nn2)cc1. The molecule has 0 saturated heterocycles. The summed E-state index contributed by atoms with van der Waals surface area (Å²) in [7, 11) is 1.61. The predicted molar refractivity (Wildman–Crippen MR) is 93.4 cm³/mol. The zero-order valence-electron chi connectivity index (χ0n) is 14.3. The van der Waals surface area contributed by atoms with Gasteiger partial charge in [0.05, 0.1) is 25.5 Å². The largest absolute Gasteiger partial charge is 0.497 e. The van der Waals surface area contributed by atoms with Crippen molar-refractivity contribution in [2.75, 3.05) is 7.11 Å². The monoisotopic (exact) mass is 353 g/mol. The molecule has 0 aliphatic rings. The van der Waals surface area contributed by atoms with E-state index in [1.807, 2.05) is 42.5 Å². The van der Waals surface area contributed by atoms with Gasteiger partial charge in [0.15, 0.2) is 0 Å². The first-order valence-electron chi connectivity index (χ1n) is 8.05. The maximum Gasteiger partial charge on any atom is 0.242 e. The summed E-state index contributed by atoms with van der Waals surface area (Å²) in [6, 6.07) is 12.8. The van der Waals surface area contributed by atoms with E-state index < -0.39 is 0 Å². The number of hydrogen-bond donors (Lipinski definition) is 1. The Labute approximate surface area is 150 Å². The lowest BCUT2D eigenvalue weighted by Crippen LogP contribution is -2.27. The molecule has 8 nitrogen and oxygen atoms in total. The number of nitrogens with one attached hydrogen (secondary N) is 1. The van der Waals surface area contributed by atoms with Gasteiger partial charge in [0.25, 0.3) is 0 Å². The number of rotatable bonds is 8. The van der Waals surface area contributed by atoms with Crippen LogP contribution < -0.4 is 14.8 Å². The number of hydrogen-bond acceptors (Lipinski definition) is 6. The second-order valence-corrected chi connectivity index (χ2v) is 5.47. The summed E-state index contributed by atoms with van der Waals surface area (Å²) in [5, 5.41) is 10.7. The van der Waals surface area contributed by atoms with Crippen LogP contribution in [0.25, 0.3) is 0 Å². The molecule has 0 radical (unpaired) electrons. The smallest absolute Gasteiger partial charge is 0.242 e. The Balaban J connectivity index is 1.45. The van der Waals surface area contributed by atoms with Gasteiger partial charge in [-0.3, -0.25) is 9.78 Å². The zero-order chi connectivity index (χ0) is 18.2. The van der Waals surface area contributed by atoms with Crippen molar-refractivity contribution in [2.45, 2.75) is 19.7 Å². The highest BCUT2D eigenvalue weighted by molar-refractivity contribution is 5.75. The Bertz CT molecular complexity index is 834. The number of carbonyl (C=O) groups excluding carboxylic acids is 1. The van der Waals surface area contributed by atoms with Crippen molar-refractivity contribution in [1.29, 1.82) is 0 Å². The maximum atomic E-state index is 12.0. The van der Waals surface area contributed by atoms with Gasteiger partial charge in [-0.2, -0.15) is 0 Å². The summed E-state index contributed by atoms with van der Waals surface area (Å²) >= 11 is 0. The maximum absolute atomic E-state index is 12.0. The van der Waals surface area contributed by atoms with Crippen LogP contribution in [0, 0.1) is 0 Å². The highest BCUT2D eigenvalue weighted by Crippen LogP contribution is 2.17. The first-order chi connectivity index (χ1) is 12.7. The van der Waals surface area contributed by atoms with Gasteiger partial charge in [-0.25, -0.2) is 4.68 Å². The van der Waals surface area contributed by atoms with E-state index in [1.54, 1.807) is 19.5 Å². The van der Waals surface area contributed by atoms with Gasteiger partial charge in [0.2, 0.25) is 5.91 Å². The Kier molecular flexibility index (Phi) is 5.76. The average Bonchev–Trinajstić information content (AvgIpc) is 3.13. The Morgan fingerprint density at radius 2 is 1.92 bits per heavy atom. The van der Waals surface area contributed by atoms with Gasteiger partial charge in [0.1, 0.15) is 30.3 Å². The third-order valence-electron chi connectivity index (χ3n) is 3.53. The molecule has 0 bridgehead atoms. The molecule has 2 heterocycles. The Morgan fingerprint density at radius 1 is 1.12 bits per heavy atom. The minimum absolute atomic E-state index is 0.0857. The van der Waals surface area contributed by atoms with Crippen molar-refractivity contribution in [3.63, 3.8) is 0 Å². The van der Waals surface area contributed by atoms with E-state index in [-0.39, 0.29) is 19.1 Å². The lowest BCUT2D eigenvalue weighted by Gasteiger charge is -2.05. The lowest BCUT2D eigenvalue weighted by atomic mass is 10.3. The van der Waals surface area contributed by atoms with E-state index in [0.717, 1.165) is 11.4 Å². The number of amides is 1. The average molecular weight is 353 g/mol. The molecule has 0 aliphatic heterocycles. The van der Waals surface area contributed by atoms with E-state index in [0.29, 0.717) is 18.0 Å². The minimum atomic E-state index is -0.164. The molecule has 1 N–H and O–H groups in total. The van der Waals surface area contributed by atoms with Crippen molar-refractivity contribution in [2.24, 2.45) is 0 Å². The van der Waals surface area contributed by atoms with Crippen LogP contribution in [-0.2, 0) is 24.5 Å². The molecule has 26 heavy (non-hydrogen) atoms. The van der Waals surface area contributed by atoms with Gasteiger partial charge >= 0.3 is 0 Å².